The largest absolute Gasteiger partial charge is 0.396 e. The second kappa shape index (κ2) is 6.02. The third kappa shape index (κ3) is 2.73. The van der Waals surface area contributed by atoms with Gasteiger partial charge in [0.25, 0.3) is 0 Å². The number of piperidine rings is 1. The van der Waals surface area contributed by atoms with E-state index < -0.39 is 0 Å². The van der Waals surface area contributed by atoms with Crippen LogP contribution in [0, 0.1) is 17.3 Å². The van der Waals surface area contributed by atoms with Gasteiger partial charge in [0, 0.05) is 32.0 Å². The molecule has 3 aliphatic rings. The average Bonchev–Trinajstić information content (AvgIpc) is 3.08. The third-order valence-electron chi connectivity index (χ3n) is 5.92. The van der Waals surface area contributed by atoms with Crippen LogP contribution in [0.4, 0.5) is 0 Å². The Balaban J connectivity index is 1.61. The van der Waals surface area contributed by atoms with Gasteiger partial charge < -0.3 is 15.3 Å². The monoisotopic (exact) mass is 280 g/mol. The Morgan fingerprint density at radius 2 is 1.95 bits per heavy atom. The van der Waals surface area contributed by atoms with E-state index in [1.165, 1.54) is 25.7 Å². The van der Waals surface area contributed by atoms with Gasteiger partial charge in [0.15, 0.2) is 0 Å². The summed E-state index contributed by atoms with van der Waals surface area (Å²) >= 11 is 0. The standard InChI is InChI=1S/C16H28N2O2/c19-11-14-10-18(12-16(14)5-7-17-8-6-16)15(20)9-13-3-1-2-4-13/h13-14,17,19H,1-12H2. The second-order valence-electron chi connectivity index (χ2n) is 7.12. The first-order chi connectivity index (χ1) is 9.73. The molecule has 0 aromatic rings. The molecule has 2 heterocycles. The minimum absolute atomic E-state index is 0.186. The molecule has 1 aliphatic carbocycles. The maximum absolute atomic E-state index is 12.5. The number of hydrogen-bond donors (Lipinski definition) is 2. The quantitative estimate of drug-likeness (QED) is 0.821. The Labute approximate surface area is 121 Å². The van der Waals surface area contributed by atoms with E-state index in [4.69, 9.17) is 0 Å². The van der Waals surface area contributed by atoms with Crippen molar-refractivity contribution in [3.8, 4) is 0 Å². The molecule has 1 amide bonds. The summed E-state index contributed by atoms with van der Waals surface area (Å²) in [6.45, 7) is 3.95. The van der Waals surface area contributed by atoms with Crippen molar-refractivity contribution < 1.29 is 9.90 Å². The lowest BCUT2D eigenvalue weighted by Crippen LogP contribution is -2.43. The number of amides is 1. The SMILES string of the molecule is O=C(CC1CCCC1)N1CC(CO)C2(CCNCC2)C1. The van der Waals surface area contributed by atoms with Crippen LogP contribution in [0.1, 0.15) is 44.9 Å². The van der Waals surface area contributed by atoms with Gasteiger partial charge in [-0.3, -0.25) is 4.79 Å². The van der Waals surface area contributed by atoms with Crippen LogP contribution in [0.2, 0.25) is 0 Å². The van der Waals surface area contributed by atoms with Gasteiger partial charge >= 0.3 is 0 Å². The molecule has 1 atom stereocenters. The van der Waals surface area contributed by atoms with Crippen LogP contribution in [0.15, 0.2) is 0 Å². The van der Waals surface area contributed by atoms with Gasteiger partial charge in [-0.2, -0.15) is 0 Å². The fourth-order valence-corrected chi connectivity index (χ4v) is 4.56. The molecule has 0 bridgehead atoms. The Hall–Kier alpha value is -0.610. The topological polar surface area (TPSA) is 52.6 Å². The number of nitrogens with one attached hydrogen (secondary N) is 1. The van der Waals surface area contributed by atoms with Gasteiger partial charge in [-0.15, -0.1) is 0 Å². The van der Waals surface area contributed by atoms with Crippen LogP contribution >= 0.6 is 0 Å². The van der Waals surface area contributed by atoms with Gasteiger partial charge in [0.05, 0.1) is 0 Å². The lowest BCUT2D eigenvalue weighted by Gasteiger charge is -2.37. The number of nitrogens with zero attached hydrogens (tertiary/aromatic N) is 1. The first-order valence-corrected chi connectivity index (χ1v) is 8.33. The normalized spacial score (nSPS) is 30.2. The molecule has 20 heavy (non-hydrogen) atoms. The summed E-state index contributed by atoms with van der Waals surface area (Å²) in [5.74, 6) is 1.25. The van der Waals surface area contributed by atoms with Gasteiger partial charge in [-0.25, -0.2) is 0 Å². The zero-order valence-corrected chi connectivity index (χ0v) is 12.4. The van der Waals surface area contributed by atoms with Gasteiger partial charge in [0.2, 0.25) is 5.91 Å². The van der Waals surface area contributed by atoms with Crippen LogP contribution in [-0.2, 0) is 4.79 Å². The van der Waals surface area contributed by atoms with Crippen molar-refractivity contribution in [2.24, 2.45) is 17.3 Å². The molecule has 3 fully saturated rings. The number of rotatable bonds is 3. The molecule has 2 saturated heterocycles. The molecule has 2 N–H and O–H groups in total. The molecule has 0 aromatic carbocycles. The molecular weight excluding hydrogens is 252 g/mol. The molecule has 0 radical (unpaired) electrons. The van der Waals surface area contributed by atoms with E-state index >= 15 is 0 Å². The smallest absolute Gasteiger partial charge is 0.222 e. The number of carbonyl (C=O) groups excluding carboxylic acids is 1. The predicted molar refractivity (Wildman–Crippen MR) is 78.3 cm³/mol. The molecule has 3 rings (SSSR count). The van der Waals surface area contributed by atoms with E-state index in [1.807, 2.05) is 0 Å². The fraction of sp³-hybridized carbons (Fsp3) is 0.938. The summed E-state index contributed by atoms with van der Waals surface area (Å²) in [7, 11) is 0. The maximum Gasteiger partial charge on any atom is 0.222 e. The highest BCUT2D eigenvalue weighted by molar-refractivity contribution is 5.77. The Morgan fingerprint density at radius 3 is 2.60 bits per heavy atom. The van der Waals surface area contributed by atoms with Crippen LogP contribution in [0.3, 0.4) is 0 Å². The lowest BCUT2D eigenvalue weighted by molar-refractivity contribution is -0.131. The summed E-state index contributed by atoms with van der Waals surface area (Å²) in [4.78, 5) is 14.6. The molecular formula is C16H28N2O2. The third-order valence-corrected chi connectivity index (χ3v) is 5.92. The van der Waals surface area contributed by atoms with Crippen molar-refractivity contribution in [3.63, 3.8) is 0 Å². The zero-order valence-electron chi connectivity index (χ0n) is 12.4. The molecule has 1 saturated carbocycles. The van der Waals surface area contributed by atoms with E-state index in [2.05, 4.69) is 10.2 Å². The van der Waals surface area contributed by atoms with Crippen molar-refractivity contribution >= 4 is 5.91 Å². The Bertz CT molecular complexity index is 346. The predicted octanol–water partition coefficient (Wildman–Crippen LogP) is 1.39. The lowest BCUT2D eigenvalue weighted by atomic mass is 9.71. The van der Waals surface area contributed by atoms with Crippen molar-refractivity contribution in [3.05, 3.63) is 0 Å². The van der Waals surface area contributed by atoms with E-state index in [0.717, 1.165) is 45.4 Å². The number of carbonyl (C=O) groups is 1. The summed E-state index contributed by atoms with van der Waals surface area (Å²) in [6.07, 6.45) is 8.01. The first kappa shape index (κ1) is 14.3. The van der Waals surface area contributed by atoms with Gasteiger partial charge in [-0.1, -0.05) is 12.8 Å². The molecule has 0 aromatic heterocycles. The molecule has 1 spiro atoms. The van der Waals surface area contributed by atoms with Crippen LogP contribution < -0.4 is 5.32 Å². The summed E-state index contributed by atoms with van der Waals surface area (Å²) in [5.41, 5.74) is 0.186. The number of aliphatic hydroxyl groups excluding tert-OH is 1. The van der Waals surface area contributed by atoms with E-state index in [1.54, 1.807) is 0 Å². The number of likely N-dealkylation sites (tertiary alicyclic amines) is 1. The summed E-state index contributed by atoms with van der Waals surface area (Å²) in [6, 6.07) is 0. The van der Waals surface area contributed by atoms with Crippen molar-refractivity contribution in [1.29, 1.82) is 0 Å². The molecule has 114 valence electrons. The van der Waals surface area contributed by atoms with E-state index in [0.29, 0.717) is 11.8 Å². The number of hydrogen-bond acceptors (Lipinski definition) is 3. The zero-order chi connectivity index (χ0) is 14.0. The van der Waals surface area contributed by atoms with Gasteiger partial charge in [-0.05, 0) is 50.1 Å². The summed E-state index contributed by atoms with van der Waals surface area (Å²) in [5, 5.41) is 13.1. The highest BCUT2D eigenvalue weighted by atomic mass is 16.3. The van der Waals surface area contributed by atoms with Crippen molar-refractivity contribution in [1.82, 2.24) is 10.2 Å². The van der Waals surface area contributed by atoms with Crippen LogP contribution in [0.5, 0.6) is 0 Å². The molecule has 4 nitrogen and oxygen atoms in total. The van der Waals surface area contributed by atoms with Crippen LogP contribution in [0.25, 0.3) is 0 Å². The molecule has 4 heteroatoms. The highest BCUT2D eigenvalue weighted by Crippen LogP contribution is 2.43. The molecule has 2 aliphatic heterocycles. The van der Waals surface area contributed by atoms with Crippen LogP contribution in [-0.4, -0.2) is 48.7 Å². The van der Waals surface area contributed by atoms with E-state index in [9.17, 15) is 9.90 Å². The number of aliphatic hydroxyl groups is 1. The first-order valence-electron chi connectivity index (χ1n) is 8.33. The maximum atomic E-state index is 12.5. The Morgan fingerprint density at radius 1 is 1.25 bits per heavy atom. The fourth-order valence-electron chi connectivity index (χ4n) is 4.56. The van der Waals surface area contributed by atoms with Crippen molar-refractivity contribution in [2.75, 3.05) is 32.8 Å². The molecule has 1 unspecified atom stereocenters. The summed E-state index contributed by atoms with van der Waals surface area (Å²) < 4.78 is 0. The minimum atomic E-state index is 0.186. The van der Waals surface area contributed by atoms with Gasteiger partial charge in [0.1, 0.15) is 0 Å². The average molecular weight is 280 g/mol. The minimum Gasteiger partial charge on any atom is -0.396 e. The van der Waals surface area contributed by atoms with Crippen molar-refractivity contribution in [2.45, 2.75) is 44.9 Å². The highest BCUT2D eigenvalue weighted by Gasteiger charge is 2.47. The van der Waals surface area contributed by atoms with E-state index in [-0.39, 0.29) is 17.9 Å². The second-order valence-corrected chi connectivity index (χ2v) is 7.12. The Kier molecular flexibility index (Phi) is 4.32.